The third-order valence-electron chi connectivity index (χ3n) is 2.93. The van der Waals surface area contributed by atoms with Crippen LogP contribution in [-0.2, 0) is 13.6 Å². The summed E-state index contributed by atoms with van der Waals surface area (Å²) < 4.78 is 2.93. The summed E-state index contributed by atoms with van der Waals surface area (Å²) in [5.41, 5.74) is 4.08. The lowest BCUT2D eigenvalue weighted by Crippen LogP contribution is -2.00. The Morgan fingerprint density at radius 3 is 2.89 bits per heavy atom. The van der Waals surface area contributed by atoms with E-state index in [1.54, 1.807) is 0 Å². The van der Waals surface area contributed by atoms with E-state index in [1.807, 2.05) is 42.1 Å². The third kappa shape index (κ3) is 2.57. The molecule has 0 amide bonds. The molecule has 92 valence electrons. The molecular formula is C14H14BrN3. The highest BCUT2D eigenvalue weighted by Gasteiger charge is 2.04. The molecule has 18 heavy (non-hydrogen) atoms. The van der Waals surface area contributed by atoms with Crippen LogP contribution >= 0.6 is 15.9 Å². The quantitative estimate of drug-likeness (QED) is 0.941. The van der Waals surface area contributed by atoms with Gasteiger partial charge < -0.3 is 9.88 Å². The molecule has 0 atom stereocenters. The van der Waals surface area contributed by atoms with Gasteiger partial charge in [0, 0.05) is 29.9 Å². The summed E-state index contributed by atoms with van der Waals surface area (Å²) in [6, 6.07) is 10.1. The Balaban J connectivity index is 2.12. The van der Waals surface area contributed by atoms with E-state index in [2.05, 4.69) is 34.2 Å². The largest absolute Gasteiger partial charge is 0.381 e. The zero-order chi connectivity index (χ0) is 13.1. The zero-order valence-electron chi connectivity index (χ0n) is 10.4. The van der Waals surface area contributed by atoms with E-state index in [4.69, 9.17) is 5.26 Å². The van der Waals surface area contributed by atoms with Gasteiger partial charge in [-0.05, 0) is 36.2 Å². The molecule has 0 aliphatic carbocycles. The number of aryl methyl sites for hydroxylation is 1. The van der Waals surface area contributed by atoms with Gasteiger partial charge in [0.15, 0.2) is 0 Å². The van der Waals surface area contributed by atoms with Crippen molar-refractivity contribution in [3.8, 4) is 6.07 Å². The maximum Gasteiger partial charge on any atom is 0.120 e. The lowest BCUT2D eigenvalue weighted by molar-refractivity contribution is 0.902. The van der Waals surface area contributed by atoms with Crippen molar-refractivity contribution < 1.29 is 0 Å². The Kier molecular flexibility index (Phi) is 3.73. The second-order valence-corrected chi connectivity index (χ2v) is 5.08. The fraction of sp³-hybridized carbons (Fsp3) is 0.214. The summed E-state index contributed by atoms with van der Waals surface area (Å²) in [6.45, 7) is 2.78. The summed E-state index contributed by atoms with van der Waals surface area (Å²) in [4.78, 5) is 0. The van der Waals surface area contributed by atoms with Crippen LogP contribution < -0.4 is 5.32 Å². The van der Waals surface area contributed by atoms with Crippen LogP contribution in [0.25, 0.3) is 0 Å². The molecule has 0 aliphatic rings. The summed E-state index contributed by atoms with van der Waals surface area (Å²) in [7, 11) is 1.88. The van der Waals surface area contributed by atoms with Crippen LogP contribution in [-0.4, -0.2) is 4.57 Å². The average Bonchev–Trinajstić information content (AvgIpc) is 2.72. The van der Waals surface area contributed by atoms with E-state index in [9.17, 15) is 0 Å². The van der Waals surface area contributed by atoms with E-state index in [0.717, 1.165) is 15.7 Å². The summed E-state index contributed by atoms with van der Waals surface area (Å²) >= 11 is 3.51. The van der Waals surface area contributed by atoms with Crippen molar-refractivity contribution in [2.75, 3.05) is 5.32 Å². The molecule has 2 aromatic rings. The van der Waals surface area contributed by atoms with E-state index < -0.39 is 0 Å². The number of hydrogen-bond donors (Lipinski definition) is 1. The van der Waals surface area contributed by atoms with Gasteiger partial charge >= 0.3 is 0 Å². The molecule has 1 aromatic carbocycles. The molecule has 4 heteroatoms. The van der Waals surface area contributed by atoms with Gasteiger partial charge in [-0.3, -0.25) is 0 Å². The molecule has 3 nitrogen and oxygen atoms in total. The Morgan fingerprint density at radius 2 is 2.22 bits per heavy atom. The Morgan fingerprint density at radius 1 is 1.44 bits per heavy atom. The number of hydrogen-bond acceptors (Lipinski definition) is 2. The van der Waals surface area contributed by atoms with Crippen LogP contribution in [0.2, 0.25) is 0 Å². The SMILES string of the molecule is Cc1c(Br)cccc1NCc1cc(C#N)n(C)c1. The second kappa shape index (κ2) is 5.28. The van der Waals surface area contributed by atoms with Crippen molar-refractivity contribution in [1.29, 1.82) is 5.26 Å². The van der Waals surface area contributed by atoms with E-state index in [-0.39, 0.29) is 0 Å². The molecule has 0 radical (unpaired) electrons. The molecule has 1 N–H and O–H groups in total. The first-order valence-corrected chi connectivity index (χ1v) is 6.45. The standard InChI is InChI=1S/C14H14BrN3/c1-10-13(15)4-3-5-14(10)17-8-11-6-12(7-16)18(2)9-11/h3-6,9,17H,8H2,1-2H3. The van der Waals surface area contributed by atoms with Crippen LogP contribution in [0, 0.1) is 18.3 Å². The first kappa shape index (κ1) is 12.7. The maximum absolute atomic E-state index is 8.90. The van der Waals surface area contributed by atoms with Gasteiger partial charge in [-0.1, -0.05) is 22.0 Å². The fourth-order valence-electron chi connectivity index (χ4n) is 1.84. The lowest BCUT2D eigenvalue weighted by atomic mass is 10.2. The van der Waals surface area contributed by atoms with E-state index in [0.29, 0.717) is 12.2 Å². The molecule has 0 bridgehead atoms. The van der Waals surface area contributed by atoms with Crippen molar-refractivity contribution in [2.24, 2.45) is 7.05 Å². The molecule has 0 unspecified atom stereocenters. The van der Waals surface area contributed by atoms with Crippen molar-refractivity contribution in [2.45, 2.75) is 13.5 Å². The van der Waals surface area contributed by atoms with Gasteiger partial charge in [0.25, 0.3) is 0 Å². The Labute approximate surface area is 115 Å². The van der Waals surface area contributed by atoms with Crippen molar-refractivity contribution >= 4 is 21.6 Å². The predicted molar refractivity (Wildman–Crippen MR) is 76.3 cm³/mol. The minimum atomic E-state index is 0.678. The van der Waals surface area contributed by atoms with Gasteiger partial charge in [0.05, 0.1) is 0 Å². The molecular weight excluding hydrogens is 290 g/mol. The first-order chi connectivity index (χ1) is 8.61. The molecule has 0 aliphatic heterocycles. The Bertz CT molecular complexity index is 608. The predicted octanol–water partition coefficient (Wildman–Crippen LogP) is 3.58. The number of aromatic nitrogens is 1. The molecule has 2 rings (SSSR count). The van der Waals surface area contributed by atoms with E-state index in [1.165, 1.54) is 5.56 Å². The Hall–Kier alpha value is -1.73. The summed E-state index contributed by atoms with van der Waals surface area (Å²) in [5.74, 6) is 0. The average molecular weight is 304 g/mol. The van der Waals surface area contributed by atoms with Gasteiger partial charge in [-0.2, -0.15) is 5.26 Å². The number of halogens is 1. The monoisotopic (exact) mass is 303 g/mol. The van der Waals surface area contributed by atoms with Crippen LogP contribution in [0.4, 0.5) is 5.69 Å². The minimum absolute atomic E-state index is 0.678. The maximum atomic E-state index is 8.90. The number of nitrogens with one attached hydrogen (secondary N) is 1. The smallest absolute Gasteiger partial charge is 0.120 e. The molecule has 1 aromatic heterocycles. The fourth-order valence-corrected chi connectivity index (χ4v) is 2.20. The van der Waals surface area contributed by atoms with Crippen molar-refractivity contribution in [3.05, 3.63) is 51.8 Å². The summed E-state index contributed by atoms with van der Waals surface area (Å²) in [6.07, 6.45) is 1.97. The first-order valence-electron chi connectivity index (χ1n) is 5.66. The van der Waals surface area contributed by atoms with Crippen LogP contribution in [0.15, 0.2) is 34.9 Å². The van der Waals surface area contributed by atoms with Crippen molar-refractivity contribution in [1.82, 2.24) is 4.57 Å². The van der Waals surface area contributed by atoms with Gasteiger partial charge in [-0.25, -0.2) is 0 Å². The van der Waals surface area contributed by atoms with Crippen LogP contribution in [0.5, 0.6) is 0 Å². The lowest BCUT2D eigenvalue weighted by Gasteiger charge is -2.09. The molecule has 1 heterocycles. The normalized spacial score (nSPS) is 10.1. The topological polar surface area (TPSA) is 40.8 Å². The molecule has 0 saturated heterocycles. The molecule has 0 fully saturated rings. The third-order valence-corrected chi connectivity index (χ3v) is 3.79. The molecule has 0 spiro atoms. The number of anilines is 1. The number of benzene rings is 1. The van der Waals surface area contributed by atoms with Gasteiger partial charge in [0.2, 0.25) is 0 Å². The minimum Gasteiger partial charge on any atom is -0.381 e. The second-order valence-electron chi connectivity index (χ2n) is 4.22. The number of nitriles is 1. The highest BCUT2D eigenvalue weighted by Crippen LogP contribution is 2.24. The highest BCUT2D eigenvalue weighted by molar-refractivity contribution is 9.10. The van der Waals surface area contributed by atoms with Crippen LogP contribution in [0.1, 0.15) is 16.8 Å². The summed E-state index contributed by atoms with van der Waals surface area (Å²) in [5, 5.41) is 12.3. The number of rotatable bonds is 3. The van der Waals surface area contributed by atoms with Gasteiger partial charge in [-0.15, -0.1) is 0 Å². The zero-order valence-corrected chi connectivity index (χ0v) is 12.0. The van der Waals surface area contributed by atoms with E-state index >= 15 is 0 Å². The number of nitrogens with zero attached hydrogens (tertiary/aromatic N) is 2. The molecule has 0 saturated carbocycles. The highest BCUT2D eigenvalue weighted by atomic mass is 79.9. The van der Waals surface area contributed by atoms with Crippen LogP contribution in [0.3, 0.4) is 0 Å². The van der Waals surface area contributed by atoms with Crippen molar-refractivity contribution in [3.63, 3.8) is 0 Å². The van der Waals surface area contributed by atoms with Gasteiger partial charge in [0.1, 0.15) is 11.8 Å².